The quantitative estimate of drug-likeness (QED) is 0.689. The maximum absolute atomic E-state index is 5.38. The zero-order valence-electron chi connectivity index (χ0n) is 13.0. The van der Waals surface area contributed by atoms with Gasteiger partial charge in [0.05, 0.1) is 19.4 Å². The molecule has 1 aromatic rings. The van der Waals surface area contributed by atoms with E-state index in [9.17, 15) is 0 Å². The molecule has 0 aromatic heterocycles. The van der Waals surface area contributed by atoms with Crippen molar-refractivity contribution in [3.05, 3.63) is 29.8 Å². The van der Waals surface area contributed by atoms with Crippen molar-refractivity contribution in [2.75, 3.05) is 37.7 Å². The van der Waals surface area contributed by atoms with Crippen molar-refractivity contribution in [3.63, 3.8) is 0 Å². The van der Waals surface area contributed by atoms with Crippen LogP contribution in [0.3, 0.4) is 0 Å². The molecule has 2 aliphatic rings. The Hall–Kier alpha value is -1.88. The van der Waals surface area contributed by atoms with Gasteiger partial charge in [-0.2, -0.15) is 5.10 Å². The molecule has 2 aliphatic heterocycles. The molecule has 1 aromatic carbocycles. The highest BCUT2D eigenvalue weighted by molar-refractivity contribution is 5.85. The van der Waals surface area contributed by atoms with Gasteiger partial charge in [-0.15, -0.1) is 0 Å². The van der Waals surface area contributed by atoms with Crippen LogP contribution in [0.1, 0.15) is 31.2 Å². The van der Waals surface area contributed by atoms with E-state index in [1.807, 2.05) is 6.21 Å². The number of aliphatic imine (C=N–C) groups is 1. The van der Waals surface area contributed by atoms with Crippen molar-refractivity contribution in [3.8, 4) is 0 Å². The van der Waals surface area contributed by atoms with E-state index in [-0.39, 0.29) is 0 Å². The maximum Gasteiger partial charge on any atom is 0.117 e. The summed E-state index contributed by atoms with van der Waals surface area (Å²) in [6.07, 6.45) is 6.53. The predicted molar refractivity (Wildman–Crippen MR) is 91.0 cm³/mol. The second kappa shape index (κ2) is 7.94. The first-order chi connectivity index (χ1) is 10.9. The minimum atomic E-state index is 0.815. The molecular weight excluding hydrogens is 276 g/mol. The maximum atomic E-state index is 5.38. The van der Waals surface area contributed by atoms with E-state index in [0.717, 1.165) is 50.7 Å². The van der Waals surface area contributed by atoms with Crippen molar-refractivity contribution in [1.82, 2.24) is 5.43 Å². The molecule has 1 fully saturated rings. The lowest BCUT2D eigenvalue weighted by molar-refractivity contribution is 0.122. The Morgan fingerprint density at radius 3 is 2.73 bits per heavy atom. The van der Waals surface area contributed by atoms with Crippen LogP contribution in [0, 0.1) is 0 Å². The van der Waals surface area contributed by atoms with Gasteiger partial charge in [0.2, 0.25) is 0 Å². The Kier molecular flexibility index (Phi) is 5.42. The van der Waals surface area contributed by atoms with Gasteiger partial charge >= 0.3 is 0 Å². The summed E-state index contributed by atoms with van der Waals surface area (Å²) >= 11 is 0. The fourth-order valence-corrected chi connectivity index (χ4v) is 2.74. The van der Waals surface area contributed by atoms with E-state index >= 15 is 0 Å². The van der Waals surface area contributed by atoms with Gasteiger partial charge in [-0.25, -0.2) is 0 Å². The first-order valence-electron chi connectivity index (χ1n) is 8.17. The third-order valence-electron chi connectivity index (χ3n) is 4.05. The van der Waals surface area contributed by atoms with Gasteiger partial charge in [0.25, 0.3) is 0 Å². The number of hydrogen-bond donors (Lipinski definition) is 1. The minimum absolute atomic E-state index is 0.815. The lowest BCUT2D eigenvalue weighted by Gasteiger charge is -2.28. The molecule has 22 heavy (non-hydrogen) atoms. The lowest BCUT2D eigenvalue weighted by Crippen LogP contribution is -2.36. The standard InChI is InChI=1S/C17H24N4O/c1-2-4-17(18-9-3-1)20-19-14-15-5-7-16(8-6-15)21-10-12-22-13-11-21/h5-8,14H,1-4,9-13H2,(H,18,20). The van der Waals surface area contributed by atoms with E-state index in [0.29, 0.717) is 0 Å². The van der Waals surface area contributed by atoms with Gasteiger partial charge in [0, 0.05) is 31.7 Å². The minimum Gasteiger partial charge on any atom is -0.378 e. The number of nitrogens with zero attached hydrogens (tertiary/aromatic N) is 3. The van der Waals surface area contributed by atoms with Gasteiger partial charge in [-0.3, -0.25) is 10.4 Å². The van der Waals surface area contributed by atoms with E-state index in [2.05, 4.69) is 44.7 Å². The van der Waals surface area contributed by atoms with Crippen LogP contribution in [0.5, 0.6) is 0 Å². The first-order valence-corrected chi connectivity index (χ1v) is 8.17. The molecule has 0 atom stereocenters. The Morgan fingerprint density at radius 2 is 1.91 bits per heavy atom. The van der Waals surface area contributed by atoms with Crippen LogP contribution in [0.15, 0.2) is 34.4 Å². The Balaban J connectivity index is 1.53. The number of hydrazone groups is 1. The number of benzene rings is 1. The second-order valence-electron chi connectivity index (χ2n) is 5.70. The van der Waals surface area contributed by atoms with Crippen molar-refractivity contribution < 1.29 is 4.74 Å². The van der Waals surface area contributed by atoms with Gasteiger partial charge in [-0.05, 0) is 30.5 Å². The molecule has 2 heterocycles. The lowest BCUT2D eigenvalue weighted by atomic mass is 10.2. The monoisotopic (exact) mass is 300 g/mol. The molecule has 0 saturated carbocycles. The summed E-state index contributed by atoms with van der Waals surface area (Å²) in [7, 11) is 0. The summed E-state index contributed by atoms with van der Waals surface area (Å²) in [5, 5.41) is 4.31. The first kappa shape index (κ1) is 15.0. The SMILES string of the molecule is C(=NNC1=NCCCCC1)c1ccc(N2CCOCC2)cc1. The molecule has 5 nitrogen and oxygen atoms in total. The van der Waals surface area contributed by atoms with Crippen LogP contribution in [0.4, 0.5) is 5.69 Å². The van der Waals surface area contributed by atoms with Crippen LogP contribution < -0.4 is 10.3 Å². The van der Waals surface area contributed by atoms with Crippen molar-refractivity contribution in [2.24, 2.45) is 10.1 Å². The number of ether oxygens (including phenoxy) is 1. The molecule has 0 radical (unpaired) electrons. The molecule has 0 amide bonds. The van der Waals surface area contributed by atoms with Crippen LogP contribution in [0.25, 0.3) is 0 Å². The Bertz CT molecular complexity index is 518. The van der Waals surface area contributed by atoms with E-state index < -0.39 is 0 Å². The number of amidine groups is 1. The Morgan fingerprint density at radius 1 is 1.09 bits per heavy atom. The molecule has 3 rings (SSSR count). The largest absolute Gasteiger partial charge is 0.378 e. The average Bonchev–Trinajstić information content (AvgIpc) is 2.85. The number of morpholine rings is 1. The molecular formula is C17H24N4O. The van der Waals surface area contributed by atoms with Crippen LogP contribution >= 0.6 is 0 Å². The zero-order valence-corrected chi connectivity index (χ0v) is 13.0. The van der Waals surface area contributed by atoms with Gasteiger partial charge in [0.15, 0.2) is 0 Å². The normalized spacial score (nSPS) is 19.8. The predicted octanol–water partition coefficient (Wildman–Crippen LogP) is 2.42. The number of hydrogen-bond acceptors (Lipinski definition) is 5. The van der Waals surface area contributed by atoms with Crippen molar-refractivity contribution in [2.45, 2.75) is 25.7 Å². The Labute approximate surface area is 132 Å². The molecule has 0 unspecified atom stereocenters. The number of rotatable bonds is 3. The number of nitrogens with one attached hydrogen (secondary N) is 1. The van der Waals surface area contributed by atoms with Crippen LogP contribution in [0.2, 0.25) is 0 Å². The third-order valence-corrected chi connectivity index (χ3v) is 4.05. The van der Waals surface area contributed by atoms with Crippen molar-refractivity contribution in [1.29, 1.82) is 0 Å². The van der Waals surface area contributed by atoms with Gasteiger partial charge in [-0.1, -0.05) is 18.6 Å². The summed E-state index contributed by atoms with van der Waals surface area (Å²) in [6, 6.07) is 8.50. The van der Waals surface area contributed by atoms with E-state index in [4.69, 9.17) is 4.74 Å². The third kappa shape index (κ3) is 4.31. The summed E-state index contributed by atoms with van der Waals surface area (Å²) in [6.45, 7) is 4.49. The molecule has 118 valence electrons. The van der Waals surface area contributed by atoms with Gasteiger partial charge < -0.3 is 9.64 Å². The average molecular weight is 300 g/mol. The van der Waals surface area contributed by atoms with E-state index in [1.54, 1.807) is 0 Å². The smallest absolute Gasteiger partial charge is 0.117 e. The molecule has 0 spiro atoms. The molecule has 0 bridgehead atoms. The van der Waals surface area contributed by atoms with Crippen LogP contribution in [-0.4, -0.2) is 44.9 Å². The summed E-state index contributed by atoms with van der Waals surface area (Å²) < 4.78 is 5.38. The molecule has 5 heteroatoms. The highest BCUT2D eigenvalue weighted by Gasteiger charge is 2.10. The fraction of sp³-hybridized carbons (Fsp3) is 0.529. The number of anilines is 1. The molecule has 0 aliphatic carbocycles. The van der Waals surface area contributed by atoms with Crippen LogP contribution in [-0.2, 0) is 4.74 Å². The fourth-order valence-electron chi connectivity index (χ4n) is 2.74. The second-order valence-corrected chi connectivity index (χ2v) is 5.70. The van der Waals surface area contributed by atoms with E-state index in [1.165, 1.54) is 24.9 Å². The zero-order chi connectivity index (χ0) is 15.0. The van der Waals surface area contributed by atoms with Gasteiger partial charge in [0.1, 0.15) is 5.84 Å². The summed E-state index contributed by atoms with van der Waals surface area (Å²) in [5.41, 5.74) is 5.43. The summed E-state index contributed by atoms with van der Waals surface area (Å²) in [4.78, 5) is 6.85. The highest BCUT2D eigenvalue weighted by Crippen LogP contribution is 2.16. The molecule has 1 N–H and O–H groups in total. The topological polar surface area (TPSA) is 49.2 Å². The molecule has 1 saturated heterocycles. The summed E-state index contributed by atoms with van der Waals surface area (Å²) in [5.74, 6) is 1.01. The highest BCUT2D eigenvalue weighted by atomic mass is 16.5. The van der Waals surface area contributed by atoms with Crippen molar-refractivity contribution >= 4 is 17.7 Å².